The molecule has 0 amide bonds. The summed E-state index contributed by atoms with van der Waals surface area (Å²) in [5, 5.41) is 0. The maximum atomic E-state index is 10.7. The first kappa shape index (κ1) is 7.53. The maximum Gasteiger partial charge on any atom is 0.150 e. The third kappa shape index (κ3) is 1.06. The summed E-state index contributed by atoms with van der Waals surface area (Å²) in [6.07, 6.45) is 4.43. The highest BCUT2D eigenvalue weighted by molar-refractivity contribution is 5.80. The van der Waals surface area contributed by atoms with Crippen LogP contribution in [0.3, 0.4) is 0 Å². The van der Waals surface area contributed by atoms with Crippen molar-refractivity contribution in [1.82, 2.24) is 0 Å². The maximum absolute atomic E-state index is 10.7. The predicted molar refractivity (Wildman–Crippen MR) is 48.6 cm³/mol. The number of benzene rings is 1. The molecular weight excluding hydrogens is 148 g/mol. The first-order chi connectivity index (χ1) is 5.81. The Labute approximate surface area is 72.4 Å². The Balaban J connectivity index is 2.63. The Kier molecular flexibility index (Phi) is 1.72. The fraction of sp³-hybridized carbons (Fsp3) is 0.364. The van der Waals surface area contributed by atoms with Crippen molar-refractivity contribution in [1.29, 1.82) is 0 Å². The summed E-state index contributed by atoms with van der Waals surface area (Å²) < 4.78 is 0. The Morgan fingerprint density at radius 3 is 2.92 bits per heavy atom. The highest BCUT2D eigenvalue weighted by Gasteiger charge is 2.11. The lowest BCUT2D eigenvalue weighted by Crippen LogP contribution is -2.05. The molecule has 12 heavy (non-hydrogen) atoms. The zero-order valence-electron chi connectivity index (χ0n) is 7.26. The highest BCUT2D eigenvalue weighted by atomic mass is 16.1. The van der Waals surface area contributed by atoms with Gasteiger partial charge in [0.2, 0.25) is 0 Å². The van der Waals surface area contributed by atoms with Crippen LogP contribution in [0.2, 0.25) is 0 Å². The van der Waals surface area contributed by atoms with Crippen LogP contribution >= 0.6 is 0 Å². The van der Waals surface area contributed by atoms with Crippen LogP contribution in [0, 0.1) is 6.92 Å². The van der Waals surface area contributed by atoms with Crippen LogP contribution in [0.15, 0.2) is 12.1 Å². The largest absolute Gasteiger partial charge is 0.298 e. The van der Waals surface area contributed by atoms with E-state index in [4.69, 9.17) is 0 Å². The summed E-state index contributed by atoms with van der Waals surface area (Å²) in [6, 6.07) is 4.30. The Morgan fingerprint density at radius 1 is 1.33 bits per heavy atom. The summed E-state index contributed by atoms with van der Waals surface area (Å²) in [4.78, 5) is 10.7. The average molecular weight is 160 g/mol. The summed E-state index contributed by atoms with van der Waals surface area (Å²) >= 11 is 0. The molecule has 0 N–H and O–H groups in total. The van der Waals surface area contributed by atoms with Gasteiger partial charge in [-0.1, -0.05) is 12.1 Å². The molecule has 0 radical (unpaired) electrons. The lowest BCUT2D eigenvalue weighted by atomic mass is 9.89. The van der Waals surface area contributed by atoms with Crippen molar-refractivity contribution in [2.45, 2.75) is 26.2 Å². The van der Waals surface area contributed by atoms with E-state index < -0.39 is 0 Å². The minimum atomic E-state index is 0.915. The Hall–Kier alpha value is -1.11. The van der Waals surface area contributed by atoms with E-state index in [0.717, 1.165) is 23.8 Å². The van der Waals surface area contributed by atoms with E-state index >= 15 is 0 Å². The molecule has 2 bridgehead atoms. The second-order valence-electron chi connectivity index (χ2n) is 3.46. The molecule has 1 aromatic rings. The summed E-state index contributed by atoms with van der Waals surface area (Å²) in [5.41, 5.74) is 4.68. The number of aryl methyl sites for hydroxylation is 3. The van der Waals surface area contributed by atoms with E-state index in [1.54, 1.807) is 0 Å². The van der Waals surface area contributed by atoms with Crippen LogP contribution in [-0.4, -0.2) is 6.29 Å². The molecule has 0 fully saturated rings. The molecule has 0 saturated carbocycles. The zero-order chi connectivity index (χ0) is 8.55. The van der Waals surface area contributed by atoms with E-state index in [1.807, 2.05) is 6.92 Å². The van der Waals surface area contributed by atoms with Crippen molar-refractivity contribution in [3.8, 4) is 0 Å². The molecule has 0 unspecified atom stereocenters. The minimum Gasteiger partial charge on any atom is -0.298 e. The number of carbonyl (C=O) groups excluding carboxylic acids is 1. The second kappa shape index (κ2) is 2.74. The summed E-state index contributed by atoms with van der Waals surface area (Å²) in [5.74, 6) is 0. The third-order valence-corrected chi connectivity index (χ3v) is 2.56. The molecule has 2 rings (SSSR count). The van der Waals surface area contributed by atoms with Gasteiger partial charge in [0.25, 0.3) is 0 Å². The zero-order valence-corrected chi connectivity index (χ0v) is 7.26. The van der Waals surface area contributed by atoms with Gasteiger partial charge < -0.3 is 0 Å². The number of hydrogen-bond acceptors (Lipinski definition) is 1. The second-order valence-corrected chi connectivity index (χ2v) is 3.46. The van der Waals surface area contributed by atoms with Crippen LogP contribution in [0.5, 0.6) is 0 Å². The molecule has 0 aliphatic heterocycles. The van der Waals surface area contributed by atoms with E-state index in [0.29, 0.717) is 0 Å². The molecule has 0 saturated heterocycles. The van der Waals surface area contributed by atoms with Gasteiger partial charge in [-0.3, -0.25) is 4.79 Å². The van der Waals surface area contributed by atoms with Crippen LogP contribution in [0.4, 0.5) is 0 Å². The van der Waals surface area contributed by atoms with Gasteiger partial charge in [-0.25, -0.2) is 0 Å². The molecule has 0 heterocycles. The number of aldehydes is 1. The molecule has 1 nitrogen and oxygen atoms in total. The van der Waals surface area contributed by atoms with Gasteiger partial charge in [0.15, 0.2) is 6.29 Å². The van der Waals surface area contributed by atoms with Crippen molar-refractivity contribution in [3.05, 3.63) is 34.4 Å². The predicted octanol–water partition coefficient (Wildman–Crippen LogP) is 2.30. The standard InChI is InChI=1S/C11H12O/c1-8-5-9-3-2-4-10(6-9)11(8)7-12/h5-7H,2-4H2,1H3. The van der Waals surface area contributed by atoms with Crippen molar-refractivity contribution >= 4 is 6.29 Å². The van der Waals surface area contributed by atoms with Crippen molar-refractivity contribution in [2.24, 2.45) is 0 Å². The van der Waals surface area contributed by atoms with Crippen LogP contribution in [-0.2, 0) is 12.8 Å². The fourth-order valence-corrected chi connectivity index (χ4v) is 1.96. The van der Waals surface area contributed by atoms with Gasteiger partial charge >= 0.3 is 0 Å². The van der Waals surface area contributed by atoms with Crippen molar-refractivity contribution in [3.63, 3.8) is 0 Å². The molecule has 62 valence electrons. The Bertz CT molecular complexity index is 322. The molecule has 0 aromatic heterocycles. The van der Waals surface area contributed by atoms with E-state index in [2.05, 4.69) is 12.1 Å². The lowest BCUT2D eigenvalue weighted by Gasteiger charge is -2.15. The van der Waals surface area contributed by atoms with Gasteiger partial charge in [0.05, 0.1) is 0 Å². The van der Waals surface area contributed by atoms with E-state index in [1.165, 1.54) is 24.0 Å². The highest BCUT2D eigenvalue weighted by Crippen LogP contribution is 2.23. The molecule has 0 spiro atoms. The summed E-state index contributed by atoms with van der Waals surface area (Å²) in [7, 11) is 0. The Morgan fingerprint density at radius 2 is 2.17 bits per heavy atom. The van der Waals surface area contributed by atoms with E-state index in [9.17, 15) is 4.79 Å². The lowest BCUT2D eigenvalue weighted by molar-refractivity contribution is 0.112. The molecule has 1 aliphatic rings. The first-order valence-electron chi connectivity index (χ1n) is 4.39. The normalized spacial score (nSPS) is 14.4. The molecule has 1 aromatic carbocycles. The molecule has 1 heteroatoms. The van der Waals surface area contributed by atoms with Crippen LogP contribution in [0.1, 0.15) is 33.5 Å². The average Bonchev–Trinajstić information content (AvgIpc) is 2.04. The number of carbonyl (C=O) groups is 1. The van der Waals surface area contributed by atoms with E-state index in [-0.39, 0.29) is 0 Å². The van der Waals surface area contributed by atoms with Gasteiger partial charge in [0, 0.05) is 5.56 Å². The first-order valence-corrected chi connectivity index (χ1v) is 4.39. The van der Waals surface area contributed by atoms with Crippen LogP contribution in [0.25, 0.3) is 0 Å². The minimum absolute atomic E-state index is 0.915. The van der Waals surface area contributed by atoms with Crippen LogP contribution < -0.4 is 0 Å². The van der Waals surface area contributed by atoms with Gasteiger partial charge in [0.1, 0.15) is 0 Å². The van der Waals surface area contributed by atoms with Crippen molar-refractivity contribution in [2.75, 3.05) is 0 Å². The molecular formula is C11H12O. The quantitative estimate of drug-likeness (QED) is 0.576. The smallest absolute Gasteiger partial charge is 0.150 e. The monoisotopic (exact) mass is 160 g/mol. The third-order valence-electron chi connectivity index (χ3n) is 2.56. The fourth-order valence-electron chi connectivity index (χ4n) is 1.96. The van der Waals surface area contributed by atoms with Gasteiger partial charge in [-0.15, -0.1) is 0 Å². The molecule has 1 aliphatic carbocycles. The topological polar surface area (TPSA) is 17.1 Å². The number of fused-ring (bicyclic) bond motifs is 2. The molecule has 0 atom stereocenters. The SMILES string of the molecule is Cc1cc2cc(c1C=O)CCC2. The number of hydrogen-bond donors (Lipinski definition) is 0. The van der Waals surface area contributed by atoms with Crippen molar-refractivity contribution < 1.29 is 4.79 Å². The number of rotatable bonds is 1. The van der Waals surface area contributed by atoms with Gasteiger partial charge in [-0.2, -0.15) is 0 Å². The van der Waals surface area contributed by atoms with Gasteiger partial charge in [-0.05, 0) is 42.9 Å². The summed E-state index contributed by atoms with van der Waals surface area (Å²) in [6.45, 7) is 2.02.